The molecule has 5 heteroatoms. The molecule has 0 unspecified atom stereocenters. The largest absolute Gasteiger partial charge is 0.489 e. The number of fused-ring (bicyclic) bond motifs is 1. The van der Waals surface area contributed by atoms with Crippen LogP contribution in [-0.2, 0) is 0 Å². The summed E-state index contributed by atoms with van der Waals surface area (Å²) in [5.41, 5.74) is 5.86. The molecule has 1 aromatic carbocycles. The Balaban J connectivity index is 2.39. The van der Waals surface area contributed by atoms with Crippen LogP contribution in [0.25, 0.3) is 0 Å². The fourth-order valence-electron chi connectivity index (χ4n) is 1.67. The predicted molar refractivity (Wildman–Crippen MR) is 72.3 cm³/mol. The Morgan fingerprint density at radius 2 is 1.89 bits per heavy atom. The van der Waals surface area contributed by atoms with Gasteiger partial charge in [0, 0.05) is 15.5 Å². The van der Waals surface area contributed by atoms with E-state index in [1.54, 1.807) is 12.1 Å². The van der Waals surface area contributed by atoms with Gasteiger partial charge in [0.25, 0.3) is 0 Å². The van der Waals surface area contributed by atoms with Crippen LogP contribution in [0.15, 0.2) is 16.6 Å². The molecule has 4 nitrogen and oxygen atoms in total. The van der Waals surface area contributed by atoms with Gasteiger partial charge < -0.3 is 15.2 Å². The average Bonchev–Trinajstić information content (AvgIpc) is 2.47. The van der Waals surface area contributed by atoms with Crippen LogP contribution in [-0.4, -0.2) is 25.5 Å². The molecule has 0 bridgehead atoms. The van der Waals surface area contributed by atoms with E-state index in [9.17, 15) is 4.79 Å². The van der Waals surface area contributed by atoms with E-state index in [1.807, 2.05) is 0 Å². The molecule has 0 saturated carbocycles. The molecular weight excluding hydrogens is 298 g/mol. The third kappa shape index (κ3) is 2.67. The highest BCUT2D eigenvalue weighted by atomic mass is 79.9. The van der Waals surface area contributed by atoms with Crippen LogP contribution in [0.4, 0.5) is 0 Å². The van der Waals surface area contributed by atoms with E-state index in [0.29, 0.717) is 34.7 Å². The Labute approximate surface area is 115 Å². The maximum absolute atomic E-state index is 11.7. The predicted octanol–water partition coefficient (Wildman–Crippen LogP) is 2.39. The van der Waals surface area contributed by atoms with Gasteiger partial charge in [-0.1, -0.05) is 13.8 Å². The molecule has 0 amide bonds. The van der Waals surface area contributed by atoms with Crippen LogP contribution in [0.3, 0.4) is 0 Å². The number of ketones is 1. The smallest absolute Gasteiger partial charge is 0.177 e. The van der Waals surface area contributed by atoms with Crippen LogP contribution < -0.4 is 15.2 Å². The van der Waals surface area contributed by atoms with E-state index in [-0.39, 0.29) is 17.7 Å². The van der Waals surface area contributed by atoms with E-state index >= 15 is 0 Å². The van der Waals surface area contributed by atoms with Crippen LogP contribution in [0, 0.1) is 5.41 Å². The lowest BCUT2D eigenvalue weighted by Gasteiger charge is -2.19. The minimum absolute atomic E-state index is 0.0241. The molecule has 1 aliphatic rings. The zero-order valence-corrected chi connectivity index (χ0v) is 12.0. The van der Waals surface area contributed by atoms with E-state index < -0.39 is 0 Å². The third-order valence-corrected chi connectivity index (χ3v) is 3.41. The monoisotopic (exact) mass is 313 g/mol. The van der Waals surface area contributed by atoms with Crippen molar-refractivity contribution < 1.29 is 14.3 Å². The van der Waals surface area contributed by atoms with Crippen LogP contribution in [0.2, 0.25) is 0 Å². The van der Waals surface area contributed by atoms with Crippen molar-refractivity contribution >= 4 is 21.7 Å². The highest BCUT2D eigenvalue weighted by Crippen LogP contribution is 2.37. The molecule has 0 saturated heterocycles. The van der Waals surface area contributed by atoms with Crippen molar-refractivity contribution in [3.8, 4) is 11.5 Å². The van der Waals surface area contributed by atoms with Gasteiger partial charge in [0.1, 0.15) is 0 Å². The first-order valence-electron chi connectivity index (χ1n) is 5.75. The molecule has 98 valence electrons. The molecule has 0 radical (unpaired) electrons. The summed E-state index contributed by atoms with van der Waals surface area (Å²) < 4.78 is 12.1. The number of Topliss-reactive ketones (excluding diaryl/α,β-unsaturated/α-hetero) is 1. The molecular formula is C13H16BrNO3. The number of ether oxygens (including phenoxy) is 2. The minimum atomic E-state index is -0.128. The van der Waals surface area contributed by atoms with Crippen LogP contribution in [0.1, 0.15) is 24.2 Å². The van der Waals surface area contributed by atoms with Crippen LogP contribution >= 0.6 is 15.9 Å². The number of halogens is 1. The van der Waals surface area contributed by atoms with Crippen molar-refractivity contribution in [3.05, 3.63) is 22.2 Å². The highest BCUT2D eigenvalue weighted by Gasteiger charge is 2.26. The first-order valence-corrected chi connectivity index (χ1v) is 6.55. The van der Waals surface area contributed by atoms with Gasteiger partial charge in [-0.3, -0.25) is 4.79 Å². The summed E-state index contributed by atoms with van der Waals surface area (Å²) in [6, 6.07) is 3.45. The second-order valence-electron chi connectivity index (χ2n) is 5.15. The molecule has 0 fully saturated rings. The first kappa shape index (κ1) is 13.4. The Morgan fingerprint density at radius 1 is 1.33 bits per heavy atom. The zero-order valence-electron chi connectivity index (χ0n) is 10.5. The highest BCUT2D eigenvalue weighted by molar-refractivity contribution is 9.10. The van der Waals surface area contributed by atoms with Gasteiger partial charge >= 0.3 is 0 Å². The topological polar surface area (TPSA) is 61.5 Å². The van der Waals surface area contributed by atoms with Gasteiger partial charge in [-0.2, -0.15) is 0 Å². The van der Waals surface area contributed by atoms with Crippen molar-refractivity contribution in [1.82, 2.24) is 0 Å². The number of hydrogen-bond acceptors (Lipinski definition) is 4. The molecule has 2 rings (SSSR count). The van der Waals surface area contributed by atoms with Gasteiger partial charge in [0.2, 0.25) is 0 Å². The summed E-state index contributed by atoms with van der Waals surface area (Å²) in [7, 11) is 0. The Morgan fingerprint density at radius 3 is 2.44 bits per heavy atom. The molecule has 2 N–H and O–H groups in total. The van der Waals surface area contributed by atoms with E-state index in [1.165, 1.54) is 0 Å². The van der Waals surface area contributed by atoms with Crippen LogP contribution in [0.5, 0.6) is 11.5 Å². The van der Waals surface area contributed by atoms with E-state index in [4.69, 9.17) is 15.2 Å². The molecule has 0 aromatic heterocycles. The summed E-state index contributed by atoms with van der Waals surface area (Å²) in [5, 5.41) is 0. The fourth-order valence-corrected chi connectivity index (χ4v) is 2.22. The maximum Gasteiger partial charge on any atom is 0.177 e. The summed E-state index contributed by atoms with van der Waals surface area (Å²) >= 11 is 3.36. The maximum atomic E-state index is 11.7. The van der Waals surface area contributed by atoms with Crippen molar-refractivity contribution in [2.75, 3.05) is 19.8 Å². The number of rotatable bonds is 2. The zero-order chi connectivity index (χ0) is 13.3. The van der Waals surface area contributed by atoms with Gasteiger partial charge in [0.05, 0.1) is 19.8 Å². The van der Waals surface area contributed by atoms with Gasteiger partial charge in [-0.05, 0) is 28.1 Å². The summed E-state index contributed by atoms with van der Waals surface area (Å²) in [5.74, 6) is 1.12. The Bertz CT molecular complexity index is 485. The second-order valence-corrected chi connectivity index (χ2v) is 6.00. The average molecular weight is 314 g/mol. The lowest BCUT2D eigenvalue weighted by Crippen LogP contribution is -2.26. The number of nitrogens with two attached hydrogens (primary N) is 1. The standard InChI is InChI=1S/C13H16BrNO3/c1-13(2)6-17-11-3-8(10(16)5-15)9(14)4-12(11)18-7-13/h3-4H,5-7,15H2,1-2H3. The molecule has 18 heavy (non-hydrogen) atoms. The lowest BCUT2D eigenvalue weighted by atomic mass is 9.97. The first-order chi connectivity index (χ1) is 8.43. The summed E-state index contributed by atoms with van der Waals surface area (Å²) in [6.07, 6.45) is 0. The van der Waals surface area contributed by atoms with Crippen molar-refractivity contribution in [2.24, 2.45) is 11.1 Å². The number of carbonyl (C=O) groups is 1. The van der Waals surface area contributed by atoms with Crippen molar-refractivity contribution in [1.29, 1.82) is 0 Å². The fraction of sp³-hybridized carbons (Fsp3) is 0.462. The van der Waals surface area contributed by atoms with E-state index in [0.717, 1.165) is 0 Å². The summed E-state index contributed by atoms with van der Waals surface area (Å²) in [6.45, 7) is 5.25. The lowest BCUT2D eigenvalue weighted by molar-refractivity contribution is 0.1000. The van der Waals surface area contributed by atoms with Gasteiger partial charge in [-0.25, -0.2) is 0 Å². The van der Waals surface area contributed by atoms with Crippen molar-refractivity contribution in [3.63, 3.8) is 0 Å². The number of carbonyl (C=O) groups excluding carboxylic acids is 1. The Hall–Kier alpha value is -1.07. The molecule has 0 aliphatic carbocycles. The molecule has 1 aliphatic heterocycles. The molecule has 0 spiro atoms. The second kappa shape index (κ2) is 4.90. The third-order valence-electron chi connectivity index (χ3n) is 2.76. The van der Waals surface area contributed by atoms with Gasteiger partial charge in [-0.15, -0.1) is 0 Å². The SMILES string of the molecule is CC1(C)COc2cc(Br)c(C(=O)CN)cc2OC1. The van der Waals surface area contributed by atoms with E-state index in [2.05, 4.69) is 29.8 Å². The number of benzene rings is 1. The summed E-state index contributed by atoms with van der Waals surface area (Å²) in [4.78, 5) is 11.7. The number of hydrogen-bond donors (Lipinski definition) is 1. The van der Waals surface area contributed by atoms with Gasteiger partial charge in [0.15, 0.2) is 17.3 Å². The Kier molecular flexibility index (Phi) is 3.64. The molecule has 1 aromatic rings. The normalized spacial score (nSPS) is 17.1. The molecule has 0 atom stereocenters. The molecule has 1 heterocycles. The van der Waals surface area contributed by atoms with Crippen molar-refractivity contribution in [2.45, 2.75) is 13.8 Å². The quantitative estimate of drug-likeness (QED) is 0.852. The minimum Gasteiger partial charge on any atom is -0.489 e.